The molecule has 1 atom stereocenters. The van der Waals surface area contributed by atoms with E-state index in [9.17, 15) is 9.59 Å². The quantitative estimate of drug-likeness (QED) is 0.600. The number of para-hydroxylation sites is 2. The highest BCUT2D eigenvalue weighted by molar-refractivity contribution is 6.05. The molecule has 0 aromatic heterocycles. The molecule has 6 nitrogen and oxygen atoms in total. The van der Waals surface area contributed by atoms with Crippen LogP contribution in [0.5, 0.6) is 11.5 Å². The molecule has 0 aliphatic carbocycles. The first kappa shape index (κ1) is 20.9. The Bertz CT molecular complexity index is 1050. The predicted octanol–water partition coefficient (Wildman–Crippen LogP) is 4.66. The van der Waals surface area contributed by atoms with E-state index in [1.807, 2.05) is 37.3 Å². The van der Waals surface area contributed by atoms with Gasteiger partial charge in [-0.05, 0) is 61.9 Å². The normalized spacial score (nSPS) is 11.3. The van der Waals surface area contributed by atoms with Gasteiger partial charge in [-0.1, -0.05) is 30.3 Å². The minimum absolute atomic E-state index is 0.255. The second-order valence-corrected chi connectivity index (χ2v) is 6.80. The van der Waals surface area contributed by atoms with Crippen LogP contribution in [0.1, 0.15) is 22.8 Å². The number of benzene rings is 3. The molecule has 154 valence electrons. The Morgan fingerprint density at radius 3 is 2.20 bits per heavy atom. The minimum Gasteiger partial charge on any atom is -0.493 e. The van der Waals surface area contributed by atoms with Crippen molar-refractivity contribution in [2.75, 3.05) is 17.7 Å². The monoisotopic (exact) mass is 404 g/mol. The third-order valence-corrected chi connectivity index (χ3v) is 4.41. The molecule has 0 heterocycles. The Labute approximate surface area is 175 Å². The number of anilines is 2. The van der Waals surface area contributed by atoms with Crippen LogP contribution in [0.4, 0.5) is 11.4 Å². The lowest BCUT2D eigenvalue weighted by Crippen LogP contribution is -2.30. The molecule has 1 unspecified atom stereocenters. The van der Waals surface area contributed by atoms with Gasteiger partial charge in [-0.15, -0.1) is 0 Å². The minimum atomic E-state index is -0.758. The van der Waals surface area contributed by atoms with Gasteiger partial charge < -0.3 is 20.1 Å². The summed E-state index contributed by atoms with van der Waals surface area (Å²) < 4.78 is 11.0. The van der Waals surface area contributed by atoms with Crippen LogP contribution < -0.4 is 20.1 Å². The molecular weight excluding hydrogens is 380 g/mol. The van der Waals surface area contributed by atoms with Crippen LogP contribution in [0.2, 0.25) is 0 Å². The molecule has 0 aliphatic heterocycles. The van der Waals surface area contributed by atoms with Crippen LogP contribution in [-0.4, -0.2) is 25.0 Å². The molecule has 0 bridgehead atoms. The Kier molecular flexibility index (Phi) is 6.70. The van der Waals surface area contributed by atoms with Crippen molar-refractivity contribution in [1.29, 1.82) is 0 Å². The van der Waals surface area contributed by atoms with Crippen molar-refractivity contribution in [2.24, 2.45) is 0 Å². The van der Waals surface area contributed by atoms with Crippen molar-refractivity contribution in [2.45, 2.75) is 20.0 Å². The topological polar surface area (TPSA) is 76.7 Å². The third-order valence-electron chi connectivity index (χ3n) is 4.41. The number of aryl methyl sites for hydroxylation is 1. The van der Waals surface area contributed by atoms with E-state index in [4.69, 9.17) is 9.47 Å². The molecule has 6 heteroatoms. The first-order chi connectivity index (χ1) is 14.5. The molecule has 0 fully saturated rings. The number of methoxy groups -OCH3 is 1. The summed E-state index contributed by atoms with van der Waals surface area (Å²) in [6.45, 7) is 3.61. The van der Waals surface area contributed by atoms with Crippen molar-refractivity contribution in [1.82, 2.24) is 0 Å². The lowest BCUT2D eigenvalue weighted by Gasteiger charge is -2.17. The molecule has 3 aromatic rings. The standard InChI is InChI=1S/C24H24N2O4/c1-16-8-6-10-19(14-16)26-24(28)18-9-7-11-20(15-18)25-23(27)17(2)30-22-13-5-4-12-21(22)29-3/h4-15,17H,1-3H3,(H,25,27)(H,26,28). The zero-order chi connectivity index (χ0) is 21.5. The van der Waals surface area contributed by atoms with Gasteiger partial charge in [0.15, 0.2) is 17.6 Å². The van der Waals surface area contributed by atoms with Gasteiger partial charge in [0.1, 0.15) is 0 Å². The molecule has 30 heavy (non-hydrogen) atoms. The van der Waals surface area contributed by atoms with Crippen molar-refractivity contribution in [3.63, 3.8) is 0 Å². The maximum Gasteiger partial charge on any atom is 0.265 e. The highest BCUT2D eigenvalue weighted by atomic mass is 16.5. The van der Waals surface area contributed by atoms with E-state index in [0.29, 0.717) is 28.4 Å². The highest BCUT2D eigenvalue weighted by Gasteiger charge is 2.17. The first-order valence-electron chi connectivity index (χ1n) is 9.55. The van der Waals surface area contributed by atoms with E-state index in [2.05, 4.69) is 10.6 Å². The third kappa shape index (κ3) is 5.38. The molecule has 2 N–H and O–H groups in total. The van der Waals surface area contributed by atoms with E-state index < -0.39 is 6.10 Å². The summed E-state index contributed by atoms with van der Waals surface area (Å²) >= 11 is 0. The van der Waals surface area contributed by atoms with Crippen LogP contribution in [0.25, 0.3) is 0 Å². The van der Waals surface area contributed by atoms with E-state index in [1.165, 1.54) is 0 Å². The molecule has 2 amide bonds. The number of amides is 2. The summed E-state index contributed by atoms with van der Waals surface area (Å²) in [6, 6.07) is 21.4. The maximum atomic E-state index is 12.5. The average molecular weight is 404 g/mol. The van der Waals surface area contributed by atoms with Gasteiger partial charge in [0.2, 0.25) is 0 Å². The van der Waals surface area contributed by atoms with Crippen molar-refractivity contribution in [3.05, 3.63) is 83.9 Å². The first-order valence-corrected chi connectivity index (χ1v) is 9.55. The number of rotatable bonds is 7. The number of hydrogen-bond donors (Lipinski definition) is 2. The summed E-state index contributed by atoms with van der Waals surface area (Å²) in [5, 5.41) is 5.64. The smallest absolute Gasteiger partial charge is 0.265 e. The molecule has 3 aromatic carbocycles. The summed E-state index contributed by atoms with van der Waals surface area (Å²) in [7, 11) is 1.54. The second-order valence-electron chi connectivity index (χ2n) is 6.80. The summed E-state index contributed by atoms with van der Waals surface area (Å²) in [4.78, 5) is 25.1. The van der Waals surface area contributed by atoms with E-state index in [-0.39, 0.29) is 11.8 Å². The number of nitrogens with one attached hydrogen (secondary N) is 2. The molecule has 0 saturated heterocycles. The fourth-order valence-corrected chi connectivity index (χ4v) is 2.87. The molecule has 0 saturated carbocycles. The Morgan fingerprint density at radius 2 is 1.50 bits per heavy atom. The van der Waals surface area contributed by atoms with Crippen molar-refractivity contribution < 1.29 is 19.1 Å². The van der Waals surface area contributed by atoms with Crippen LogP contribution in [0.15, 0.2) is 72.8 Å². The fraction of sp³-hybridized carbons (Fsp3) is 0.167. The van der Waals surface area contributed by atoms with Crippen LogP contribution >= 0.6 is 0 Å². The van der Waals surface area contributed by atoms with Crippen molar-refractivity contribution in [3.8, 4) is 11.5 Å². The lowest BCUT2D eigenvalue weighted by molar-refractivity contribution is -0.122. The van der Waals surface area contributed by atoms with Crippen LogP contribution in [0, 0.1) is 6.92 Å². The molecular formula is C24H24N2O4. The molecule has 0 aliphatic rings. The van der Waals surface area contributed by atoms with Gasteiger partial charge in [-0.3, -0.25) is 9.59 Å². The Morgan fingerprint density at radius 1 is 0.833 bits per heavy atom. The molecule has 0 spiro atoms. The molecule has 0 radical (unpaired) electrons. The zero-order valence-corrected chi connectivity index (χ0v) is 17.1. The van der Waals surface area contributed by atoms with Crippen LogP contribution in [0.3, 0.4) is 0 Å². The largest absolute Gasteiger partial charge is 0.493 e. The van der Waals surface area contributed by atoms with Crippen LogP contribution in [-0.2, 0) is 4.79 Å². The average Bonchev–Trinajstić information content (AvgIpc) is 2.74. The van der Waals surface area contributed by atoms with E-state index >= 15 is 0 Å². The predicted molar refractivity (Wildman–Crippen MR) is 117 cm³/mol. The van der Waals surface area contributed by atoms with Gasteiger partial charge in [0.05, 0.1) is 7.11 Å². The van der Waals surface area contributed by atoms with Gasteiger partial charge in [-0.2, -0.15) is 0 Å². The van der Waals surface area contributed by atoms with Gasteiger partial charge in [0, 0.05) is 16.9 Å². The zero-order valence-electron chi connectivity index (χ0n) is 17.1. The van der Waals surface area contributed by atoms with Gasteiger partial charge in [-0.25, -0.2) is 0 Å². The van der Waals surface area contributed by atoms with Gasteiger partial charge in [0.25, 0.3) is 11.8 Å². The van der Waals surface area contributed by atoms with E-state index in [0.717, 1.165) is 5.56 Å². The Hall–Kier alpha value is -3.80. The number of carbonyl (C=O) groups excluding carboxylic acids is 2. The summed E-state index contributed by atoms with van der Waals surface area (Å²) in [5.74, 6) is 0.438. The van der Waals surface area contributed by atoms with Gasteiger partial charge >= 0.3 is 0 Å². The lowest BCUT2D eigenvalue weighted by atomic mass is 10.1. The number of carbonyl (C=O) groups is 2. The summed E-state index contributed by atoms with van der Waals surface area (Å²) in [6.07, 6.45) is -0.758. The number of hydrogen-bond acceptors (Lipinski definition) is 4. The fourth-order valence-electron chi connectivity index (χ4n) is 2.87. The Balaban J connectivity index is 1.65. The SMILES string of the molecule is COc1ccccc1OC(C)C(=O)Nc1cccc(C(=O)Nc2cccc(C)c2)c1. The second kappa shape index (κ2) is 9.60. The van der Waals surface area contributed by atoms with E-state index in [1.54, 1.807) is 56.5 Å². The number of ether oxygens (including phenoxy) is 2. The molecule has 3 rings (SSSR count). The summed E-state index contributed by atoms with van der Waals surface area (Å²) in [5.41, 5.74) is 2.71. The van der Waals surface area contributed by atoms with Crippen molar-refractivity contribution >= 4 is 23.2 Å². The maximum absolute atomic E-state index is 12.5. The highest BCUT2D eigenvalue weighted by Crippen LogP contribution is 2.27.